The fourth-order valence-electron chi connectivity index (χ4n) is 8.60. The predicted molar refractivity (Wildman–Crippen MR) is 332 cm³/mol. The Morgan fingerprint density at radius 3 is 1.62 bits per heavy atom. The van der Waals surface area contributed by atoms with Gasteiger partial charge in [-0.05, 0) is 101 Å². The smallest absolute Gasteiger partial charge is 0.155 e. The first-order chi connectivity index (χ1) is 38.8. The molecule has 0 spiro atoms. The Morgan fingerprint density at radius 1 is 0.512 bits per heavy atom. The number of pyridine rings is 4. The number of hydrogen-bond donors (Lipinski definition) is 1. The number of fused-ring (bicyclic) bond motifs is 1. The monoisotopic (exact) mass is 1820 g/mol. The fraction of sp³-hybridized carbons (Fsp3) is 0.149. The summed E-state index contributed by atoms with van der Waals surface area (Å²) in [7, 11) is 0. The van der Waals surface area contributed by atoms with Crippen molar-refractivity contribution in [3.05, 3.63) is 289 Å². The van der Waals surface area contributed by atoms with Gasteiger partial charge >= 0.3 is 0 Å². The Hall–Kier alpha value is -6.79. The zero-order chi connectivity index (χ0) is 56.6. The summed E-state index contributed by atoms with van der Waals surface area (Å²) in [5.41, 5.74) is 19.1. The molecule has 0 aliphatic rings. The first kappa shape index (κ1) is 71.5. The maximum absolute atomic E-state index is 10.0. The zero-order valence-corrected chi connectivity index (χ0v) is 57.9. The van der Waals surface area contributed by atoms with Crippen LogP contribution in [-0.2, 0) is 91.6 Å². The number of nitrogens with zero attached hydrogens (tertiary/aromatic N) is 4. The topological polar surface area (TPSA) is 88.9 Å². The van der Waals surface area contributed by atoms with E-state index in [1.54, 1.807) is 6.20 Å². The predicted octanol–water partition coefficient (Wildman–Crippen LogP) is 18.6. The van der Waals surface area contributed by atoms with Crippen molar-refractivity contribution in [2.75, 3.05) is 0 Å². The molecule has 0 amide bonds. The number of carbonyl (C=O) groups excluding carboxylic acids is 1. The molecule has 4 radical (unpaired) electrons. The van der Waals surface area contributed by atoms with E-state index in [0.717, 1.165) is 57.0 Å². The molecule has 0 bridgehead atoms. The van der Waals surface area contributed by atoms with Crippen molar-refractivity contribution in [1.82, 2.24) is 19.9 Å². The molecule has 0 aliphatic carbocycles. The number of carbonyl (C=O) groups is 1. The zero-order valence-electron chi connectivity index (χ0n) is 48.4. The van der Waals surface area contributed by atoms with Crippen molar-refractivity contribution in [2.24, 2.45) is 5.92 Å². The number of ketones is 1. The average molecular weight is 1810 g/mol. The quantitative estimate of drug-likeness (QED) is 0.0834. The van der Waals surface area contributed by atoms with E-state index in [2.05, 4.69) is 190 Å². The van der Waals surface area contributed by atoms with Crippen LogP contribution >= 0.6 is 0 Å². The van der Waals surface area contributed by atoms with Crippen LogP contribution in [-0.4, -0.2) is 30.8 Å². The van der Waals surface area contributed by atoms with Crippen LogP contribution < -0.4 is 0 Å². The summed E-state index contributed by atoms with van der Waals surface area (Å²) in [5, 5.41) is 9.54. The van der Waals surface area contributed by atoms with Crippen LogP contribution in [0.25, 0.3) is 78.2 Å². The van der Waals surface area contributed by atoms with Gasteiger partial charge in [0.25, 0.3) is 0 Å². The van der Waals surface area contributed by atoms with Crippen LogP contribution in [0.3, 0.4) is 0 Å². The number of rotatable bonds is 10. The van der Waals surface area contributed by atoms with Gasteiger partial charge in [0.1, 0.15) is 0 Å². The van der Waals surface area contributed by atoms with Crippen LogP contribution in [0.2, 0.25) is 0 Å². The number of aliphatic hydroxyl groups excluding tert-OH is 1. The van der Waals surface area contributed by atoms with Gasteiger partial charge in [0, 0.05) is 105 Å². The van der Waals surface area contributed by atoms with Gasteiger partial charge in [0.15, 0.2) is 5.78 Å². The molecule has 11 rings (SSSR count). The van der Waals surface area contributed by atoms with Crippen LogP contribution in [0.15, 0.2) is 243 Å². The first-order valence-corrected chi connectivity index (χ1v) is 27.0. The van der Waals surface area contributed by atoms with Gasteiger partial charge in [-0.2, -0.15) is 0 Å². The van der Waals surface area contributed by atoms with Gasteiger partial charge in [0.05, 0.1) is 11.3 Å². The molecule has 84 heavy (non-hydrogen) atoms. The second-order valence-corrected chi connectivity index (χ2v) is 20.0. The summed E-state index contributed by atoms with van der Waals surface area (Å²) in [5.74, 6) is 1.11. The summed E-state index contributed by atoms with van der Waals surface area (Å²) in [4.78, 5) is 27.9. The number of aliphatic hydroxyl groups is 1. The Kier molecular flexibility index (Phi) is 31.9. The molecule has 0 atom stereocenters. The van der Waals surface area contributed by atoms with Gasteiger partial charge < -0.3 is 20.1 Å². The molecule has 4 aromatic heterocycles. The molecule has 10 heteroatoms. The third-order valence-electron chi connectivity index (χ3n) is 12.5. The van der Waals surface area contributed by atoms with E-state index in [1.165, 1.54) is 69.8 Å². The van der Waals surface area contributed by atoms with Crippen molar-refractivity contribution in [1.29, 1.82) is 0 Å². The normalized spacial score (nSPS) is 10.2. The number of aromatic nitrogens is 4. The summed E-state index contributed by atoms with van der Waals surface area (Å²) in [6.07, 6.45) is 7.85. The van der Waals surface area contributed by atoms with Gasteiger partial charge in [-0.15, -0.1) is 142 Å². The standard InChI is InChI=1S/C21H20N.C20H18N.C17H14N.C11H8N.C5H8O2.4Ir/c1-16(2)13-17-7-5-8-18(14-17)19-9-6-10-20(15-19)21-11-3-4-12-22-21;1-15(2)19-11-12-20(21-14-19)18-10-6-9-17(13-18)16-7-4-3-5-8-16;1-12-7-9-15(13(2)11-12)17-10-8-14-5-3-4-6-16(14)18-17;1-2-6-10(7-3-1)11-8-4-5-9-12-11;1-4(6)3-5(2)7;;;;/h3-9,11-12,14-16H,13H2,1-2H3;3-9,11-15H,1-2H3;3-8,10-11H,1-2H3;1-6,8-9H;3,6H,1-2H3;;;;/q4*-1;;;;;. The van der Waals surface area contributed by atoms with E-state index < -0.39 is 0 Å². The largest absolute Gasteiger partial charge is 0.512 e. The molecule has 7 aromatic carbocycles. The van der Waals surface area contributed by atoms with E-state index >= 15 is 0 Å². The van der Waals surface area contributed by atoms with Crippen LogP contribution in [0, 0.1) is 44.0 Å². The summed E-state index contributed by atoms with van der Waals surface area (Å²) in [6.45, 7) is 15.9. The van der Waals surface area contributed by atoms with E-state index in [9.17, 15) is 4.79 Å². The average Bonchev–Trinajstić information content (AvgIpc) is 3.61. The number of hydrogen-bond acceptors (Lipinski definition) is 6. The molecule has 0 saturated carbocycles. The van der Waals surface area contributed by atoms with Crippen molar-refractivity contribution in [2.45, 2.75) is 67.7 Å². The van der Waals surface area contributed by atoms with Gasteiger partial charge in [-0.1, -0.05) is 163 Å². The SMILES string of the molecule is CC(=O)C=C(C)O.CC(C)Cc1cccc(-c2cc[c-]c(-c3ccccn3)c2)c1.CC(C)c1ccc(-c2[c-]ccc(-c3ccccc3)c2)nc1.Cc1c[c-]c(-c2ccc3ccccc3n2)c(C)c1.[Ir].[Ir].[Ir].[Ir].[c-]1ccccc1-c1ccccn1. The number of para-hydroxylation sites is 1. The second kappa shape index (κ2) is 37.5. The molecule has 0 aliphatic heterocycles. The molecule has 1 N–H and O–H groups in total. The number of allylic oxidation sites excluding steroid dienone is 2. The molecule has 436 valence electrons. The minimum atomic E-state index is -0.125. The van der Waals surface area contributed by atoms with Crippen molar-refractivity contribution in [3.8, 4) is 67.3 Å². The molecule has 11 aromatic rings. The van der Waals surface area contributed by atoms with Gasteiger partial charge in [-0.3, -0.25) is 9.78 Å². The van der Waals surface area contributed by atoms with E-state index in [0.29, 0.717) is 11.8 Å². The van der Waals surface area contributed by atoms with Crippen molar-refractivity contribution >= 4 is 16.7 Å². The fourth-order valence-corrected chi connectivity index (χ4v) is 8.60. The summed E-state index contributed by atoms with van der Waals surface area (Å²) in [6, 6.07) is 85.1. The summed E-state index contributed by atoms with van der Waals surface area (Å²) < 4.78 is 0. The van der Waals surface area contributed by atoms with Crippen molar-refractivity contribution < 1.29 is 90.3 Å². The number of benzene rings is 7. The Balaban J connectivity index is 0.000000282. The van der Waals surface area contributed by atoms with Gasteiger partial charge in [0.2, 0.25) is 0 Å². The third-order valence-corrected chi connectivity index (χ3v) is 12.5. The molecule has 0 saturated heterocycles. The molecular formula is C74H68Ir4N4O2-4. The van der Waals surface area contributed by atoms with Crippen molar-refractivity contribution in [3.63, 3.8) is 0 Å². The van der Waals surface area contributed by atoms with Crippen LogP contribution in [0.1, 0.15) is 69.7 Å². The minimum Gasteiger partial charge on any atom is -0.512 e. The molecule has 6 nitrogen and oxygen atoms in total. The van der Waals surface area contributed by atoms with Crippen LogP contribution in [0.5, 0.6) is 0 Å². The maximum Gasteiger partial charge on any atom is 0.155 e. The van der Waals surface area contributed by atoms with E-state index in [-0.39, 0.29) is 92.0 Å². The second-order valence-electron chi connectivity index (χ2n) is 20.0. The van der Waals surface area contributed by atoms with E-state index in [1.807, 2.05) is 116 Å². The maximum atomic E-state index is 10.0. The summed E-state index contributed by atoms with van der Waals surface area (Å²) >= 11 is 0. The molecule has 0 fully saturated rings. The Bertz CT molecular complexity index is 3670. The molecule has 0 unspecified atom stereocenters. The third kappa shape index (κ3) is 23.0. The molecular weight excluding hydrogens is 1750 g/mol. The Labute approximate surface area is 552 Å². The first-order valence-electron chi connectivity index (χ1n) is 27.0. The number of aryl methyl sites for hydroxylation is 2. The minimum absolute atomic E-state index is 0. The van der Waals surface area contributed by atoms with Gasteiger partial charge in [-0.25, -0.2) is 0 Å². The van der Waals surface area contributed by atoms with Crippen LogP contribution in [0.4, 0.5) is 0 Å². The Morgan fingerprint density at radius 2 is 1.07 bits per heavy atom. The van der Waals surface area contributed by atoms with E-state index in [4.69, 9.17) is 10.1 Å². The molecule has 4 heterocycles.